The summed E-state index contributed by atoms with van der Waals surface area (Å²) in [6.45, 7) is 11.0. The van der Waals surface area contributed by atoms with Crippen LogP contribution in [-0.2, 0) is 9.47 Å². The first-order chi connectivity index (χ1) is 15.9. The maximum atomic E-state index is 11.9. The second kappa shape index (κ2) is 9.55. The van der Waals surface area contributed by atoms with Crippen LogP contribution in [0.3, 0.4) is 0 Å². The number of anilines is 2. The summed E-state index contributed by atoms with van der Waals surface area (Å²) in [7, 11) is 0. The Hall–Kier alpha value is -3.50. The van der Waals surface area contributed by atoms with Crippen LogP contribution in [0.4, 0.5) is 16.2 Å². The van der Waals surface area contributed by atoms with Gasteiger partial charge in [0.25, 0.3) is 0 Å². The van der Waals surface area contributed by atoms with Gasteiger partial charge in [-0.3, -0.25) is 5.32 Å². The number of hydrogen-bond donors (Lipinski definition) is 1. The minimum atomic E-state index is -0.484. The van der Waals surface area contributed by atoms with Gasteiger partial charge in [-0.05, 0) is 63.6 Å². The SMILES string of the molecule is CC(C)OC(=O)Nc1ccc(-c2c(C#N)c3ccc(N4CCOCC4)cc3n2C(C)C)cc1. The van der Waals surface area contributed by atoms with E-state index in [1.165, 1.54) is 0 Å². The molecule has 2 heterocycles. The molecule has 0 aliphatic carbocycles. The van der Waals surface area contributed by atoms with Crippen molar-refractivity contribution in [3.63, 3.8) is 0 Å². The van der Waals surface area contributed by atoms with Crippen LogP contribution in [-0.4, -0.2) is 43.1 Å². The first-order valence-corrected chi connectivity index (χ1v) is 11.4. The molecule has 1 aromatic heterocycles. The number of nitriles is 1. The summed E-state index contributed by atoms with van der Waals surface area (Å²) in [5.74, 6) is 0. The average molecular weight is 447 g/mol. The standard InChI is InChI=1S/C26H30N4O3/c1-17(2)30-24-15-21(29-11-13-32-14-12-29)9-10-22(24)23(16-27)25(30)19-5-7-20(8-6-19)28-26(31)33-18(3)4/h5-10,15,17-18H,11-14H2,1-4H3,(H,28,31). The van der Waals surface area contributed by atoms with E-state index in [1.807, 2.05) is 24.3 Å². The minimum Gasteiger partial charge on any atom is -0.447 e. The molecular formula is C26H30N4O3. The van der Waals surface area contributed by atoms with Gasteiger partial charge in [-0.15, -0.1) is 0 Å². The topological polar surface area (TPSA) is 79.5 Å². The molecule has 0 atom stereocenters. The van der Waals surface area contributed by atoms with Gasteiger partial charge in [0.05, 0.1) is 36.1 Å². The third kappa shape index (κ3) is 4.67. The summed E-state index contributed by atoms with van der Waals surface area (Å²) in [4.78, 5) is 14.2. The fraction of sp³-hybridized carbons (Fsp3) is 0.385. The molecule has 1 N–H and O–H groups in total. The average Bonchev–Trinajstić information content (AvgIpc) is 3.13. The number of nitrogens with one attached hydrogen (secondary N) is 1. The lowest BCUT2D eigenvalue weighted by Crippen LogP contribution is -2.36. The zero-order valence-corrected chi connectivity index (χ0v) is 19.6. The molecule has 0 spiro atoms. The molecule has 4 rings (SSSR count). The number of fused-ring (bicyclic) bond motifs is 1. The second-order valence-corrected chi connectivity index (χ2v) is 8.76. The van der Waals surface area contributed by atoms with Crippen molar-refractivity contribution in [2.24, 2.45) is 0 Å². The monoisotopic (exact) mass is 446 g/mol. The molecule has 1 aliphatic heterocycles. The van der Waals surface area contributed by atoms with Crippen LogP contribution < -0.4 is 10.2 Å². The number of morpholine rings is 1. The Morgan fingerprint density at radius 2 is 1.79 bits per heavy atom. The number of rotatable bonds is 5. The van der Waals surface area contributed by atoms with Crippen LogP contribution in [0.1, 0.15) is 39.3 Å². The lowest BCUT2D eigenvalue weighted by Gasteiger charge is -2.29. The van der Waals surface area contributed by atoms with Crippen molar-refractivity contribution in [3.05, 3.63) is 48.0 Å². The lowest BCUT2D eigenvalue weighted by atomic mass is 10.1. The van der Waals surface area contributed by atoms with Gasteiger partial charge in [0.2, 0.25) is 0 Å². The molecule has 1 fully saturated rings. The first kappa shape index (κ1) is 22.7. The van der Waals surface area contributed by atoms with Crippen LogP contribution >= 0.6 is 0 Å². The van der Waals surface area contributed by atoms with E-state index in [4.69, 9.17) is 9.47 Å². The number of hydrogen-bond acceptors (Lipinski definition) is 5. The van der Waals surface area contributed by atoms with Gasteiger partial charge in [-0.25, -0.2) is 4.79 Å². The number of carbonyl (C=O) groups excluding carboxylic acids is 1. The molecule has 1 amide bonds. The van der Waals surface area contributed by atoms with Gasteiger partial charge in [-0.1, -0.05) is 12.1 Å². The van der Waals surface area contributed by atoms with Gasteiger partial charge in [0, 0.05) is 35.9 Å². The maximum absolute atomic E-state index is 11.9. The molecular weight excluding hydrogens is 416 g/mol. The molecule has 3 aromatic rings. The second-order valence-electron chi connectivity index (χ2n) is 8.76. The Bertz CT molecular complexity index is 1180. The van der Waals surface area contributed by atoms with E-state index in [0.717, 1.165) is 54.2 Å². The zero-order valence-electron chi connectivity index (χ0n) is 19.6. The third-order valence-electron chi connectivity index (χ3n) is 5.74. The largest absolute Gasteiger partial charge is 0.447 e. The Morgan fingerprint density at radius 3 is 2.39 bits per heavy atom. The molecule has 1 aliphatic rings. The fourth-order valence-corrected chi connectivity index (χ4v) is 4.32. The molecule has 7 heteroatoms. The Balaban J connectivity index is 1.75. The summed E-state index contributed by atoms with van der Waals surface area (Å²) < 4.78 is 12.9. The molecule has 0 saturated carbocycles. The first-order valence-electron chi connectivity index (χ1n) is 11.4. The Labute approximate surface area is 194 Å². The molecule has 7 nitrogen and oxygen atoms in total. The van der Waals surface area contributed by atoms with Crippen molar-refractivity contribution in [2.45, 2.75) is 39.8 Å². The number of nitrogens with zero attached hydrogens (tertiary/aromatic N) is 3. The van der Waals surface area contributed by atoms with Gasteiger partial charge >= 0.3 is 6.09 Å². The highest BCUT2D eigenvalue weighted by Crippen LogP contribution is 2.38. The van der Waals surface area contributed by atoms with Crippen molar-refractivity contribution in [1.29, 1.82) is 5.26 Å². The van der Waals surface area contributed by atoms with Crippen molar-refractivity contribution >= 4 is 28.4 Å². The predicted molar refractivity (Wildman–Crippen MR) is 131 cm³/mol. The Morgan fingerprint density at radius 1 is 1.09 bits per heavy atom. The summed E-state index contributed by atoms with van der Waals surface area (Å²) >= 11 is 0. The molecule has 0 bridgehead atoms. The summed E-state index contributed by atoms with van der Waals surface area (Å²) in [5, 5.41) is 13.8. The van der Waals surface area contributed by atoms with Gasteiger partial charge < -0.3 is 18.9 Å². The predicted octanol–water partition coefficient (Wildman–Crippen LogP) is 5.55. The number of aromatic nitrogens is 1. The molecule has 33 heavy (non-hydrogen) atoms. The summed E-state index contributed by atoms with van der Waals surface area (Å²) in [5.41, 5.74) is 5.30. The summed E-state index contributed by atoms with van der Waals surface area (Å²) in [6, 6.07) is 16.5. The van der Waals surface area contributed by atoms with E-state index in [9.17, 15) is 10.1 Å². The van der Waals surface area contributed by atoms with E-state index in [1.54, 1.807) is 13.8 Å². The Kier molecular flexibility index (Phi) is 6.57. The van der Waals surface area contributed by atoms with Crippen LogP contribution in [0.2, 0.25) is 0 Å². The van der Waals surface area contributed by atoms with Gasteiger partial charge in [0.1, 0.15) is 6.07 Å². The number of benzene rings is 2. The highest BCUT2D eigenvalue weighted by Gasteiger charge is 2.22. The van der Waals surface area contributed by atoms with Gasteiger partial charge in [0.15, 0.2) is 0 Å². The van der Waals surface area contributed by atoms with Crippen LogP contribution in [0.15, 0.2) is 42.5 Å². The fourth-order valence-electron chi connectivity index (χ4n) is 4.32. The molecule has 0 unspecified atom stereocenters. The molecule has 0 radical (unpaired) electrons. The van der Waals surface area contributed by atoms with Crippen molar-refractivity contribution in [3.8, 4) is 17.3 Å². The third-order valence-corrected chi connectivity index (χ3v) is 5.74. The highest BCUT2D eigenvalue weighted by atomic mass is 16.6. The van der Waals surface area contributed by atoms with Crippen molar-refractivity contribution < 1.29 is 14.3 Å². The van der Waals surface area contributed by atoms with E-state index < -0.39 is 6.09 Å². The lowest BCUT2D eigenvalue weighted by molar-refractivity contribution is 0.122. The zero-order chi connectivity index (χ0) is 23.5. The highest BCUT2D eigenvalue weighted by molar-refractivity contribution is 5.96. The van der Waals surface area contributed by atoms with Crippen LogP contribution in [0, 0.1) is 11.3 Å². The minimum absolute atomic E-state index is 0.156. The number of ether oxygens (including phenoxy) is 2. The summed E-state index contributed by atoms with van der Waals surface area (Å²) in [6.07, 6.45) is -0.672. The normalized spacial score (nSPS) is 14.0. The van der Waals surface area contributed by atoms with E-state index >= 15 is 0 Å². The number of carbonyl (C=O) groups is 1. The molecule has 172 valence electrons. The van der Waals surface area contributed by atoms with E-state index in [0.29, 0.717) is 11.3 Å². The van der Waals surface area contributed by atoms with E-state index in [-0.39, 0.29) is 12.1 Å². The van der Waals surface area contributed by atoms with Crippen molar-refractivity contribution in [1.82, 2.24) is 4.57 Å². The van der Waals surface area contributed by atoms with Gasteiger partial charge in [-0.2, -0.15) is 5.26 Å². The smallest absolute Gasteiger partial charge is 0.411 e. The van der Waals surface area contributed by atoms with Crippen molar-refractivity contribution in [2.75, 3.05) is 36.5 Å². The van der Waals surface area contributed by atoms with E-state index in [2.05, 4.69) is 52.9 Å². The van der Waals surface area contributed by atoms with Crippen LogP contribution in [0.5, 0.6) is 0 Å². The van der Waals surface area contributed by atoms with Crippen LogP contribution in [0.25, 0.3) is 22.2 Å². The quantitative estimate of drug-likeness (QED) is 0.555. The number of amides is 1. The maximum Gasteiger partial charge on any atom is 0.411 e. The molecule has 2 aromatic carbocycles. The molecule has 1 saturated heterocycles.